The largest absolute Gasteiger partial charge is 0.287 e. The Morgan fingerprint density at radius 3 is 2.72 bits per heavy atom. The maximum atomic E-state index is 12.8. The number of benzene rings is 1. The van der Waals surface area contributed by atoms with Gasteiger partial charge in [0.1, 0.15) is 5.82 Å². The summed E-state index contributed by atoms with van der Waals surface area (Å²) in [6.07, 6.45) is 1.44. The van der Waals surface area contributed by atoms with Crippen LogP contribution in [0.2, 0.25) is 0 Å². The molecule has 0 N–H and O–H groups in total. The second-order valence-corrected chi connectivity index (χ2v) is 3.54. The molecule has 0 bridgehead atoms. The first-order chi connectivity index (χ1) is 8.61. The number of carbonyl (C=O) groups excluding carboxylic acids is 1. The summed E-state index contributed by atoms with van der Waals surface area (Å²) in [5.74, 6) is -1.05. The number of rotatable bonds is 2. The number of amides is 1. The molecule has 2 rings (SSSR count). The van der Waals surface area contributed by atoms with Crippen molar-refractivity contribution in [3.05, 3.63) is 58.0 Å². The summed E-state index contributed by atoms with van der Waals surface area (Å²) in [5.41, 5.74) is 9.48. The Morgan fingerprint density at radius 1 is 1.44 bits per heavy atom. The number of hydrogen-bond donors (Lipinski definition) is 0. The SMILES string of the molecule is Cc1nn(-c2ccc(F)cc2)cc1C(=O)N=[N+]=[N-]. The Labute approximate surface area is 101 Å². The van der Waals surface area contributed by atoms with Crippen molar-refractivity contribution in [3.63, 3.8) is 0 Å². The standard InChI is InChI=1S/C11H8FN5O/c1-7-10(11(18)14-16-13)6-17(15-7)9-4-2-8(12)3-5-9/h2-6H,1H3. The summed E-state index contributed by atoms with van der Waals surface area (Å²) in [6.45, 7) is 1.63. The Bertz CT molecular complexity index is 640. The number of carbonyl (C=O) groups is 1. The molecule has 18 heavy (non-hydrogen) atoms. The lowest BCUT2D eigenvalue weighted by molar-refractivity contribution is 0.1000. The molecule has 0 spiro atoms. The number of nitrogens with zero attached hydrogens (tertiary/aromatic N) is 5. The molecule has 1 amide bonds. The maximum Gasteiger partial charge on any atom is 0.252 e. The second kappa shape index (κ2) is 4.68. The molecule has 0 fully saturated rings. The van der Waals surface area contributed by atoms with Crippen LogP contribution >= 0.6 is 0 Å². The lowest BCUT2D eigenvalue weighted by atomic mass is 10.2. The van der Waals surface area contributed by atoms with E-state index in [4.69, 9.17) is 5.53 Å². The minimum absolute atomic E-state index is 0.220. The first-order valence-corrected chi connectivity index (χ1v) is 5.03. The molecule has 0 radical (unpaired) electrons. The highest BCUT2D eigenvalue weighted by Gasteiger charge is 2.12. The van der Waals surface area contributed by atoms with Crippen molar-refractivity contribution in [2.24, 2.45) is 5.11 Å². The molecule has 1 aromatic heterocycles. The molecule has 7 heteroatoms. The zero-order valence-corrected chi connectivity index (χ0v) is 9.41. The number of aromatic nitrogens is 2. The minimum atomic E-state index is -0.691. The van der Waals surface area contributed by atoms with E-state index in [2.05, 4.69) is 15.1 Å². The van der Waals surface area contributed by atoms with Crippen LogP contribution in [0, 0.1) is 12.7 Å². The van der Waals surface area contributed by atoms with E-state index in [1.54, 1.807) is 6.92 Å². The summed E-state index contributed by atoms with van der Waals surface area (Å²) in [7, 11) is 0. The van der Waals surface area contributed by atoms with Gasteiger partial charge in [-0.1, -0.05) is 0 Å². The molecule has 90 valence electrons. The van der Waals surface area contributed by atoms with Crippen molar-refractivity contribution in [2.45, 2.75) is 6.92 Å². The smallest absolute Gasteiger partial charge is 0.252 e. The van der Waals surface area contributed by atoms with Gasteiger partial charge in [0.15, 0.2) is 0 Å². The molecule has 1 aromatic carbocycles. The summed E-state index contributed by atoms with van der Waals surface area (Å²) in [6, 6.07) is 5.65. The Morgan fingerprint density at radius 2 is 2.11 bits per heavy atom. The van der Waals surface area contributed by atoms with Gasteiger partial charge in [0, 0.05) is 11.1 Å². The van der Waals surface area contributed by atoms with Gasteiger partial charge in [-0.3, -0.25) is 4.79 Å². The summed E-state index contributed by atoms with van der Waals surface area (Å²) in [4.78, 5) is 13.9. The fourth-order valence-corrected chi connectivity index (χ4v) is 1.49. The fourth-order valence-electron chi connectivity index (χ4n) is 1.49. The van der Waals surface area contributed by atoms with Gasteiger partial charge in [-0.25, -0.2) is 9.07 Å². The number of halogens is 1. The van der Waals surface area contributed by atoms with Crippen molar-refractivity contribution in [2.75, 3.05) is 0 Å². The normalized spacial score (nSPS) is 9.89. The van der Waals surface area contributed by atoms with Gasteiger partial charge >= 0.3 is 0 Å². The third kappa shape index (κ3) is 2.21. The van der Waals surface area contributed by atoms with E-state index in [0.717, 1.165) is 0 Å². The average Bonchev–Trinajstić information content (AvgIpc) is 2.72. The average molecular weight is 245 g/mol. The van der Waals surface area contributed by atoms with Crippen molar-refractivity contribution < 1.29 is 9.18 Å². The highest BCUT2D eigenvalue weighted by molar-refractivity contribution is 5.95. The van der Waals surface area contributed by atoms with Gasteiger partial charge in [-0.2, -0.15) is 5.10 Å². The fraction of sp³-hybridized carbons (Fsp3) is 0.0909. The summed E-state index contributed by atoms with van der Waals surface area (Å²) < 4.78 is 14.2. The van der Waals surface area contributed by atoms with Gasteiger partial charge < -0.3 is 0 Å². The first kappa shape index (κ1) is 11.8. The van der Waals surface area contributed by atoms with Crippen molar-refractivity contribution in [1.29, 1.82) is 0 Å². The van der Waals surface area contributed by atoms with Crippen molar-refractivity contribution in [1.82, 2.24) is 9.78 Å². The van der Waals surface area contributed by atoms with Crippen LogP contribution in [-0.2, 0) is 0 Å². The zero-order valence-electron chi connectivity index (χ0n) is 9.41. The van der Waals surface area contributed by atoms with Crippen LogP contribution < -0.4 is 0 Å². The van der Waals surface area contributed by atoms with Gasteiger partial charge in [0.25, 0.3) is 5.91 Å². The Kier molecular flexibility index (Phi) is 3.07. The molecule has 2 aromatic rings. The van der Waals surface area contributed by atoms with Crippen LogP contribution in [0.5, 0.6) is 0 Å². The van der Waals surface area contributed by atoms with E-state index < -0.39 is 5.91 Å². The van der Waals surface area contributed by atoms with Crippen molar-refractivity contribution >= 4 is 5.91 Å². The van der Waals surface area contributed by atoms with Crippen LogP contribution in [0.3, 0.4) is 0 Å². The Balaban J connectivity index is 2.42. The zero-order chi connectivity index (χ0) is 13.1. The molecular formula is C11H8FN5O. The third-order valence-corrected chi connectivity index (χ3v) is 2.36. The predicted molar refractivity (Wildman–Crippen MR) is 61.7 cm³/mol. The molecule has 0 atom stereocenters. The van der Waals surface area contributed by atoms with E-state index in [-0.39, 0.29) is 11.4 Å². The Hall–Kier alpha value is -2.66. The molecule has 0 aliphatic heterocycles. The summed E-state index contributed by atoms with van der Waals surface area (Å²) in [5, 5.41) is 7.11. The van der Waals surface area contributed by atoms with E-state index in [1.165, 1.54) is 35.1 Å². The van der Waals surface area contributed by atoms with Crippen LogP contribution in [0.1, 0.15) is 16.1 Å². The molecule has 1 heterocycles. The third-order valence-electron chi connectivity index (χ3n) is 2.36. The number of hydrogen-bond acceptors (Lipinski definition) is 2. The molecular weight excluding hydrogens is 237 g/mol. The van der Waals surface area contributed by atoms with Gasteiger partial charge in [-0.05, 0) is 41.8 Å². The van der Waals surface area contributed by atoms with Gasteiger partial charge in [0.05, 0.1) is 16.9 Å². The monoisotopic (exact) mass is 245 g/mol. The molecule has 0 aliphatic carbocycles. The second-order valence-electron chi connectivity index (χ2n) is 3.54. The quantitative estimate of drug-likeness (QED) is 0.463. The lowest BCUT2D eigenvalue weighted by Gasteiger charge is -1.99. The van der Waals surface area contributed by atoms with Gasteiger partial charge in [-0.15, -0.1) is 0 Å². The number of aryl methyl sites for hydroxylation is 1. The van der Waals surface area contributed by atoms with Crippen LogP contribution in [0.4, 0.5) is 4.39 Å². The van der Waals surface area contributed by atoms with Gasteiger partial charge in [0.2, 0.25) is 0 Å². The maximum absolute atomic E-state index is 12.8. The lowest BCUT2D eigenvalue weighted by Crippen LogP contribution is -1.94. The topological polar surface area (TPSA) is 83.7 Å². The number of azide groups is 1. The molecule has 0 saturated carbocycles. The highest BCUT2D eigenvalue weighted by atomic mass is 19.1. The molecule has 0 unspecified atom stereocenters. The van der Waals surface area contributed by atoms with Crippen LogP contribution in [-0.4, -0.2) is 15.7 Å². The highest BCUT2D eigenvalue weighted by Crippen LogP contribution is 2.13. The first-order valence-electron chi connectivity index (χ1n) is 5.03. The summed E-state index contributed by atoms with van der Waals surface area (Å²) >= 11 is 0. The van der Waals surface area contributed by atoms with Crippen LogP contribution in [0.15, 0.2) is 35.6 Å². The van der Waals surface area contributed by atoms with E-state index in [1.807, 2.05) is 0 Å². The van der Waals surface area contributed by atoms with E-state index in [0.29, 0.717) is 11.4 Å². The van der Waals surface area contributed by atoms with Crippen LogP contribution in [0.25, 0.3) is 16.1 Å². The van der Waals surface area contributed by atoms with E-state index in [9.17, 15) is 9.18 Å². The molecule has 0 aliphatic rings. The molecule has 0 saturated heterocycles. The van der Waals surface area contributed by atoms with Crippen molar-refractivity contribution in [3.8, 4) is 5.69 Å². The minimum Gasteiger partial charge on any atom is -0.287 e. The molecule has 6 nitrogen and oxygen atoms in total. The predicted octanol–water partition coefficient (Wildman–Crippen LogP) is 2.77. The van der Waals surface area contributed by atoms with E-state index >= 15 is 0 Å².